The molecule has 0 amide bonds. The van der Waals surface area contributed by atoms with Gasteiger partial charge in [-0.3, -0.25) is 0 Å². The van der Waals surface area contributed by atoms with Gasteiger partial charge in [0.25, 0.3) is 0 Å². The zero-order valence-corrected chi connectivity index (χ0v) is 9.09. The number of hydrogen-bond donors (Lipinski definition) is 0. The van der Waals surface area contributed by atoms with E-state index in [1.54, 1.807) is 0 Å². The summed E-state index contributed by atoms with van der Waals surface area (Å²) < 4.78 is 5.89. The van der Waals surface area contributed by atoms with Crippen LogP contribution in [0.2, 0.25) is 0 Å². The third kappa shape index (κ3) is 2.02. The molecule has 2 saturated heterocycles. The van der Waals surface area contributed by atoms with Crippen molar-refractivity contribution in [1.82, 2.24) is 0 Å². The highest BCUT2D eigenvalue weighted by Crippen LogP contribution is 2.40. The normalized spacial score (nSPS) is 40.6. The van der Waals surface area contributed by atoms with Crippen molar-refractivity contribution in [2.45, 2.75) is 63.0 Å². The van der Waals surface area contributed by atoms with E-state index in [0.29, 0.717) is 23.5 Å². The van der Waals surface area contributed by atoms with Gasteiger partial charge in [0, 0.05) is 11.3 Å². The highest BCUT2D eigenvalue weighted by atomic mass is 35.5. The second kappa shape index (κ2) is 4.18. The molecule has 4 unspecified atom stereocenters. The number of rotatable bonds is 3. The minimum atomic E-state index is 0.356. The zero-order valence-electron chi connectivity index (χ0n) is 8.34. The quantitative estimate of drug-likeness (QED) is 0.638. The molecule has 13 heavy (non-hydrogen) atoms. The maximum Gasteiger partial charge on any atom is 0.0622 e. The largest absolute Gasteiger partial charge is 0.375 e. The van der Waals surface area contributed by atoms with E-state index in [2.05, 4.69) is 6.92 Å². The molecule has 2 rings (SSSR count). The molecule has 0 radical (unpaired) electrons. The summed E-state index contributed by atoms with van der Waals surface area (Å²) in [6, 6.07) is 0. The minimum absolute atomic E-state index is 0.356. The summed E-state index contributed by atoms with van der Waals surface area (Å²) in [5.41, 5.74) is 0. The van der Waals surface area contributed by atoms with Crippen molar-refractivity contribution in [3.63, 3.8) is 0 Å². The maximum absolute atomic E-state index is 6.37. The average Bonchev–Trinajstić information content (AvgIpc) is 2.48. The third-order valence-corrected chi connectivity index (χ3v) is 4.01. The van der Waals surface area contributed by atoms with Crippen LogP contribution >= 0.6 is 11.6 Å². The van der Waals surface area contributed by atoms with Gasteiger partial charge in [-0.15, -0.1) is 11.6 Å². The first-order chi connectivity index (χ1) is 6.31. The molecule has 2 bridgehead atoms. The van der Waals surface area contributed by atoms with E-state index in [9.17, 15) is 0 Å². The molecule has 1 nitrogen and oxygen atoms in total. The van der Waals surface area contributed by atoms with Crippen molar-refractivity contribution in [3.8, 4) is 0 Å². The lowest BCUT2D eigenvalue weighted by atomic mass is 9.90. The van der Waals surface area contributed by atoms with Gasteiger partial charge < -0.3 is 4.74 Å². The van der Waals surface area contributed by atoms with Crippen LogP contribution in [-0.4, -0.2) is 17.6 Å². The molecule has 0 aromatic carbocycles. The summed E-state index contributed by atoms with van der Waals surface area (Å²) in [4.78, 5) is 0. The summed E-state index contributed by atoms with van der Waals surface area (Å²) in [6.07, 6.45) is 8.48. The molecule has 4 atom stereocenters. The number of ether oxygens (including phenoxy) is 1. The number of halogens is 1. The van der Waals surface area contributed by atoms with Crippen molar-refractivity contribution in [1.29, 1.82) is 0 Å². The average molecular weight is 203 g/mol. The first kappa shape index (κ1) is 9.79. The van der Waals surface area contributed by atoms with Gasteiger partial charge in [0.2, 0.25) is 0 Å². The first-order valence-corrected chi connectivity index (χ1v) is 6.04. The minimum Gasteiger partial charge on any atom is -0.375 e. The lowest BCUT2D eigenvalue weighted by Crippen LogP contribution is -2.33. The van der Waals surface area contributed by atoms with Gasteiger partial charge in [-0.2, -0.15) is 0 Å². The van der Waals surface area contributed by atoms with E-state index in [0.717, 1.165) is 6.42 Å². The van der Waals surface area contributed by atoms with Crippen molar-refractivity contribution in [2.24, 2.45) is 5.92 Å². The summed E-state index contributed by atoms with van der Waals surface area (Å²) in [7, 11) is 0. The smallest absolute Gasteiger partial charge is 0.0622 e. The molecule has 0 N–H and O–H groups in total. The highest BCUT2D eigenvalue weighted by molar-refractivity contribution is 6.20. The Kier molecular flexibility index (Phi) is 3.15. The van der Waals surface area contributed by atoms with Gasteiger partial charge in [-0.05, 0) is 32.1 Å². The van der Waals surface area contributed by atoms with Gasteiger partial charge in [-0.1, -0.05) is 13.3 Å². The Morgan fingerprint density at radius 1 is 1.31 bits per heavy atom. The van der Waals surface area contributed by atoms with E-state index in [1.807, 2.05) is 0 Å². The van der Waals surface area contributed by atoms with E-state index >= 15 is 0 Å². The monoisotopic (exact) mass is 202 g/mol. The Hall–Kier alpha value is 0.250. The second-order valence-corrected chi connectivity index (χ2v) is 4.98. The molecule has 76 valence electrons. The summed E-state index contributed by atoms with van der Waals surface area (Å²) in [5, 5.41) is 0.356. The van der Waals surface area contributed by atoms with E-state index in [4.69, 9.17) is 16.3 Å². The Morgan fingerprint density at radius 3 is 2.85 bits per heavy atom. The summed E-state index contributed by atoms with van der Waals surface area (Å²) in [6.45, 7) is 2.20. The second-order valence-electron chi connectivity index (χ2n) is 4.42. The van der Waals surface area contributed by atoms with Gasteiger partial charge >= 0.3 is 0 Å². The van der Waals surface area contributed by atoms with Crippen molar-refractivity contribution in [3.05, 3.63) is 0 Å². The molecule has 2 aliphatic rings. The van der Waals surface area contributed by atoms with Crippen LogP contribution in [0.15, 0.2) is 0 Å². The fraction of sp³-hybridized carbons (Fsp3) is 1.00. The van der Waals surface area contributed by atoms with E-state index in [1.165, 1.54) is 32.1 Å². The van der Waals surface area contributed by atoms with E-state index < -0.39 is 0 Å². The van der Waals surface area contributed by atoms with Crippen LogP contribution < -0.4 is 0 Å². The molecule has 0 aromatic rings. The van der Waals surface area contributed by atoms with Crippen LogP contribution in [0.4, 0.5) is 0 Å². The number of alkyl halides is 1. The van der Waals surface area contributed by atoms with Crippen LogP contribution in [-0.2, 0) is 4.74 Å². The Morgan fingerprint density at radius 2 is 2.08 bits per heavy atom. The Bertz CT molecular complexity index is 171. The van der Waals surface area contributed by atoms with Crippen molar-refractivity contribution < 1.29 is 4.74 Å². The maximum atomic E-state index is 6.37. The fourth-order valence-corrected chi connectivity index (χ4v) is 3.24. The van der Waals surface area contributed by atoms with Crippen LogP contribution in [0.1, 0.15) is 45.4 Å². The highest BCUT2D eigenvalue weighted by Gasteiger charge is 2.39. The van der Waals surface area contributed by atoms with Crippen LogP contribution in [0.3, 0.4) is 0 Å². The molecule has 2 fully saturated rings. The van der Waals surface area contributed by atoms with Crippen LogP contribution in [0.5, 0.6) is 0 Å². The predicted octanol–water partition coefficient (Wildman–Crippen LogP) is 3.35. The van der Waals surface area contributed by atoms with Gasteiger partial charge in [0.05, 0.1) is 12.2 Å². The first-order valence-electron chi connectivity index (χ1n) is 5.60. The molecule has 0 aliphatic carbocycles. The Balaban J connectivity index is 1.91. The predicted molar refractivity (Wildman–Crippen MR) is 55.2 cm³/mol. The molecule has 0 spiro atoms. The molecule has 2 heteroatoms. The molecule has 2 aliphatic heterocycles. The molecule has 2 heterocycles. The zero-order chi connectivity index (χ0) is 9.26. The van der Waals surface area contributed by atoms with Gasteiger partial charge in [0.15, 0.2) is 0 Å². The SMILES string of the molecule is CCCC(Cl)C1CCC2CCC1O2. The molecule has 0 saturated carbocycles. The molecular formula is C11H19ClO. The van der Waals surface area contributed by atoms with Crippen molar-refractivity contribution >= 4 is 11.6 Å². The van der Waals surface area contributed by atoms with Crippen molar-refractivity contribution in [2.75, 3.05) is 0 Å². The lowest BCUT2D eigenvalue weighted by molar-refractivity contribution is -0.0334. The lowest BCUT2D eigenvalue weighted by Gasteiger charge is -2.32. The van der Waals surface area contributed by atoms with E-state index in [-0.39, 0.29) is 0 Å². The standard InChI is InChI=1S/C11H19ClO/c1-2-3-10(12)9-6-4-8-5-7-11(9)13-8/h8-11H,2-7H2,1H3. The molecule has 0 aromatic heterocycles. The van der Waals surface area contributed by atoms with Crippen LogP contribution in [0, 0.1) is 5.92 Å². The Labute approximate surface area is 85.8 Å². The van der Waals surface area contributed by atoms with Gasteiger partial charge in [0.1, 0.15) is 0 Å². The third-order valence-electron chi connectivity index (χ3n) is 3.47. The summed E-state index contributed by atoms with van der Waals surface area (Å²) >= 11 is 6.37. The summed E-state index contributed by atoms with van der Waals surface area (Å²) in [5.74, 6) is 0.639. The van der Waals surface area contributed by atoms with Crippen LogP contribution in [0.25, 0.3) is 0 Å². The molecular weight excluding hydrogens is 184 g/mol. The fourth-order valence-electron chi connectivity index (χ4n) is 2.73. The number of fused-ring (bicyclic) bond motifs is 2. The van der Waals surface area contributed by atoms with Gasteiger partial charge in [-0.25, -0.2) is 0 Å². The topological polar surface area (TPSA) is 9.23 Å². The number of hydrogen-bond acceptors (Lipinski definition) is 1.